The van der Waals surface area contributed by atoms with Gasteiger partial charge in [0.1, 0.15) is 17.6 Å². The van der Waals surface area contributed by atoms with Gasteiger partial charge < -0.3 is 14.1 Å². The first-order valence-corrected chi connectivity index (χ1v) is 9.57. The number of nitrogens with zero attached hydrogens (tertiary/aromatic N) is 2. The molecule has 0 spiro atoms. The molecule has 0 aliphatic carbocycles. The summed E-state index contributed by atoms with van der Waals surface area (Å²) in [4.78, 5) is 19.1. The Balaban J connectivity index is 1.29. The lowest BCUT2D eigenvalue weighted by molar-refractivity contribution is -0.137. The van der Waals surface area contributed by atoms with Crippen molar-refractivity contribution in [2.75, 3.05) is 13.1 Å². The van der Waals surface area contributed by atoms with Crippen molar-refractivity contribution in [3.63, 3.8) is 0 Å². The van der Waals surface area contributed by atoms with Gasteiger partial charge in [-0.2, -0.15) is 0 Å². The van der Waals surface area contributed by atoms with E-state index in [1.54, 1.807) is 6.20 Å². The molecular weight excluding hydrogens is 344 g/mol. The van der Waals surface area contributed by atoms with E-state index in [-0.39, 0.29) is 24.1 Å². The Kier molecular flexibility index (Phi) is 5.52. The van der Waals surface area contributed by atoms with Crippen molar-refractivity contribution >= 4 is 5.91 Å². The molecule has 0 bridgehead atoms. The minimum Gasteiger partial charge on any atom is -0.465 e. The maximum Gasteiger partial charge on any atom is 0.241 e. The molecule has 2 aromatic heterocycles. The average Bonchev–Trinajstić information content (AvgIpc) is 3.36. The monoisotopic (exact) mass is 370 g/mol. The number of furan rings is 1. The van der Waals surface area contributed by atoms with Crippen LogP contribution in [0.5, 0.6) is 0 Å². The molecule has 2 aromatic rings. The first-order chi connectivity index (χ1) is 13.2. The Hall–Kier alpha value is -2.22. The van der Waals surface area contributed by atoms with Crippen LogP contribution in [0.1, 0.15) is 42.5 Å². The number of nitrogens with one attached hydrogen (secondary N) is 2. The van der Waals surface area contributed by atoms with Crippen molar-refractivity contribution in [3.8, 4) is 0 Å². The number of piperidine rings is 1. The Bertz CT molecular complexity index is 764. The van der Waals surface area contributed by atoms with E-state index in [4.69, 9.17) is 9.15 Å². The third-order valence-electron chi connectivity index (χ3n) is 5.19. The summed E-state index contributed by atoms with van der Waals surface area (Å²) in [6, 6.07) is 9.49. The number of pyridine rings is 1. The second-order valence-electron chi connectivity index (χ2n) is 7.26. The molecule has 2 N–H and O–H groups in total. The highest BCUT2D eigenvalue weighted by molar-refractivity contribution is 5.82. The topological polar surface area (TPSA) is 79.6 Å². The number of carbonyl (C=O) groups excluding carboxylic acids is 1. The molecule has 3 atom stereocenters. The maximum absolute atomic E-state index is 12.9. The van der Waals surface area contributed by atoms with E-state index in [2.05, 4.69) is 15.8 Å². The van der Waals surface area contributed by atoms with Crippen LogP contribution < -0.4 is 10.9 Å². The van der Waals surface area contributed by atoms with Gasteiger partial charge in [0, 0.05) is 19.3 Å². The molecular formula is C20H26N4O3. The van der Waals surface area contributed by atoms with Crippen LogP contribution in [0, 0.1) is 6.92 Å². The summed E-state index contributed by atoms with van der Waals surface area (Å²) in [7, 11) is 0. The lowest BCUT2D eigenvalue weighted by atomic mass is 10.0. The minimum atomic E-state index is -0.241. The number of hydrazine groups is 1. The summed E-state index contributed by atoms with van der Waals surface area (Å²) in [5, 5.41) is 0. The van der Waals surface area contributed by atoms with Gasteiger partial charge in [-0.05, 0) is 50.5 Å². The molecule has 1 amide bonds. The molecule has 144 valence electrons. The maximum atomic E-state index is 12.9. The lowest BCUT2D eigenvalue weighted by Crippen LogP contribution is -2.50. The molecule has 4 heterocycles. The van der Waals surface area contributed by atoms with Crippen LogP contribution in [0.3, 0.4) is 0 Å². The smallest absolute Gasteiger partial charge is 0.241 e. The molecule has 2 fully saturated rings. The second-order valence-corrected chi connectivity index (χ2v) is 7.26. The van der Waals surface area contributed by atoms with Crippen LogP contribution in [-0.2, 0) is 16.1 Å². The van der Waals surface area contributed by atoms with Gasteiger partial charge in [0.15, 0.2) is 0 Å². The van der Waals surface area contributed by atoms with E-state index < -0.39 is 0 Å². The Morgan fingerprint density at radius 3 is 3.04 bits per heavy atom. The number of aryl methyl sites for hydroxylation is 1. The zero-order chi connectivity index (χ0) is 18.6. The Morgan fingerprint density at radius 1 is 1.33 bits per heavy atom. The van der Waals surface area contributed by atoms with Gasteiger partial charge in [-0.3, -0.25) is 9.78 Å². The normalized spacial score (nSPS) is 25.7. The molecule has 2 aliphatic rings. The van der Waals surface area contributed by atoms with Gasteiger partial charge in [0.2, 0.25) is 5.91 Å². The molecule has 0 aromatic carbocycles. The summed E-state index contributed by atoms with van der Waals surface area (Å²) in [5.74, 6) is 1.87. The van der Waals surface area contributed by atoms with Gasteiger partial charge in [-0.25, -0.2) is 10.9 Å². The highest BCUT2D eigenvalue weighted by Gasteiger charge is 2.35. The van der Waals surface area contributed by atoms with E-state index in [1.165, 1.54) is 0 Å². The van der Waals surface area contributed by atoms with Crippen molar-refractivity contribution in [2.24, 2.45) is 0 Å². The molecule has 2 saturated heterocycles. The van der Waals surface area contributed by atoms with Crippen LogP contribution in [-0.4, -0.2) is 41.0 Å². The SMILES string of the molecule is Cc1ccc(C2CC(C(=O)N3CCCC(OCc4ccccn4)C3)NN2)o1. The van der Waals surface area contributed by atoms with Crippen LogP contribution >= 0.6 is 0 Å². The Morgan fingerprint density at radius 2 is 2.26 bits per heavy atom. The zero-order valence-electron chi connectivity index (χ0n) is 15.6. The average molecular weight is 370 g/mol. The molecule has 27 heavy (non-hydrogen) atoms. The van der Waals surface area contributed by atoms with Gasteiger partial charge in [0.25, 0.3) is 0 Å². The number of likely N-dealkylation sites (tertiary alicyclic amines) is 1. The number of ether oxygens (including phenoxy) is 1. The van der Waals surface area contributed by atoms with Gasteiger partial charge in [-0.15, -0.1) is 0 Å². The van der Waals surface area contributed by atoms with Gasteiger partial charge in [-0.1, -0.05) is 6.07 Å². The number of carbonyl (C=O) groups is 1. The third kappa shape index (κ3) is 4.37. The summed E-state index contributed by atoms with van der Waals surface area (Å²) >= 11 is 0. The predicted molar refractivity (Wildman–Crippen MR) is 99.5 cm³/mol. The molecule has 4 rings (SSSR count). The van der Waals surface area contributed by atoms with Gasteiger partial charge in [0.05, 0.1) is 24.4 Å². The van der Waals surface area contributed by atoms with Gasteiger partial charge >= 0.3 is 0 Å². The number of aromatic nitrogens is 1. The van der Waals surface area contributed by atoms with E-state index in [0.29, 0.717) is 19.6 Å². The fourth-order valence-electron chi connectivity index (χ4n) is 3.73. The molecule has 3 unspecified atom stereocenters. The Labute approximate surface area is 159 Å². The van der Waals surface area contributed by atoms with Crippen molar-refractivity contribution in [2.45, 2.75) is 51.0 Å². The van der Waals surface area contributed by atoms with E-state index in [0.717, 1.165) is 36.6 Å². The fraction of sp³-hybridized carbons (Fsp3) is 0.500. The minimum absolute atomic E-state index is 0.0219. The highest BCUT2D eigenvalue weighted by atomic mass is 16.5. The van der Waals surface area contributed by atoms with Crippen molar-refractivity contribution < 1.29 is 13.9 Å². The largest absolute Gasteiger partial charge is 0.465 e. The highest BCUT2D eigenvalue weighted by Crippen LogP contribution is 2.25. The standard InChI is InChI=1S/C20H26N4O3/c1-14-7-8-19(27-14)17-11-18(23-22-17)20(25)24-10-4-6-16(12-24)26-13-15-5-2-3-9-21-15/h2-3,5,7-9,16-18,22-23H,4,6,10-13H2,1H3. The molecule has 2 aliphatic heterocycles. The summed E-state index contributed by atoms with van der Waals surface area (Å²) in [5.41, 5.74) is 7.23. The molecule has 0 saturated carbocycles. The lowest BCUT2D eigenvalue weighted by Gasteiger charge is -2.34. The summed E-state index contributed by atoms with van der Waals surface area (Å²) < 4.78 is 11.7. The molecule has 0 radical (unpaired) electrons. The van der Waals surface area contributed by atoms with Crippen LogP contribution in [0.25, 0.3) is 0 Å². The molecule has 7 heteroatoms. The molecule has 7 nitrogen and oxygen atoms in total. The van der Waals surface area contributed by atoms with E-state index >= 15 is 0 Å². The second kappa shape index (κ2) is 8.21. The first-order valence-electron chi connectivity index (χ1n) is 9.57. The fourth-order valence-corrected chi connectivity index (χ4v) is 3.73. The van der Waals surface area contributed by atoms with Crippen LogP contribution in [0.2, 0.25) is 0 Å². The van der Waals surface area contributed by atoms with Crippen molar-refractivity contribution in [3.05, 3.63) is 53.7 Å². The summed E-state index contributed by atoms with van der Waals surface area (Å²) in [6.07, 6.45) is 4.44. The number of hydrogen-bond donors (Lipinski definition) is 2. The third-order valence-corrected chi connectivity index (χ3v) is 5.19. The predicted octanol–water partition coefficient (Wildman–Crippen LogP) is 2.10. The van der Waals surface area contributed by atoms with E-state index in [1.807, 2.05) is 42.2 Å². The van der Waals surface area contributed by atoms with Crippen molar-refractivity contribution in [1.29, 1.82) is 0 Å². The van der Waals surface area contributed by atoms with E-state index in [9.17, 15) is 4.79 Å². The zero-order valence-corrected chi connectivity index (χ0v) is 15.6. The van der Waals surface area contributed by atoms with Crippen LogP contribution in [0.4, 0.5) is 0 Å². The number of rotatable bonds is 5. The van der Waals surface area contributed by atoms with Crippen molar-refractivity contribution in [1.82, 2.24) is 20.7 Å². The summed E-state index contributed by atoms with van der Waals surface area (Å²) in [6.45, 7) is 3.82. The number of hydrogen-bond acceptors (Lipinski definition) is 6. The number of amides is 1. The van der Waals surface area contributed by atoms with Crippen LogP contribution in [0.15, 0.2) is 40.9 Å². The quantitative estimate of drug-likeness (QED) is 0.839. The first kappa shape index (κ1) is 18.2.